The van der Waals surface area contributed by atoms with Gasteiger partial charge in [0.05, 0.1) is 25.3 Å². The number of carboxylic acids is 1. The fraction of sp³-hybridized carbons (Fsp3) is 0.500. The Bertz CT molecular complexity index is 801. The maximum absolute atomic E-state index is 11.8. The molecule has 1 amide bonds. The first-order valence-corrected chi connectivity index (χ1v) is 8.31. The number of carbonyl (C=O) groups is 2. The number of aromatic nitrogens is 4. The quantitative estimate of drug-likeness (QED) is 0.808. The van der Waals surface area contributed by atoms with Crippen molar-refractivity contribution in [3.8, 4) is 0 Å². The van der Waals surface area contributed by atoms with E-state index in [1.165, 1.54) is 0 Å². The number of fused-ring (bicyclic) bond motifs is 1. The summed E-state index contributed by atoms with van der Waals surface area (Å²) < 4.78 is 35.8. The summed E-state index contributed by atoms with van der Waals surface area (Å²) in [4.78, 5) is 29.1. The Kier molecular flexibility index (Phi) is 6.78. The molecule has 0 aromatic carbocycles. The summed E-state index contributed by atoms with van der Waals surface area (Å²) in [6.45, 7) is 3.61. The Labute approximate surface area is 159 Å². The zero-order valence-electron chi connectivity index (χ0n) is 15.4. The van der Waals surface area contributed by atoms with E-state index in [0.717, 1.165) is 31.2 Å². The average molecular weight is 402 g/mol. The van der Waals surface area contributed by atoms with E-state index in [2.05, 4.69) is 25.7 Å². The van der Waals surface area contributed by atoms with Crippen molar-refractivity contribution in [2.75, 3.05) is 27.2 Å². The van der Waals surface area contributed by atoms with Crippen molar-refractivity contribution in [2.24, 2.45) is 0 Å². The van der Waals surface area contributed by atoms with Crippen molar-refractivity contribution in [3.05, 3.63) is 36.2 Å². The number of rotatable bonds is 4. The van der Waals surface area contributed by atoms with Gasteiger partial charge in [0.2, 0.25) is 5.91 Å². The topological polar surface area (TPSA) is 96.5 Å². The third-order valence-corrected chi connectivity index (χ3v) is 3.91. The van der Waals surface area contributed by atoms with Gasteiger partial charge in [-0.1, -0.05) is 0 Å². The number of likely N-dealkylation sites (N-methyl/N-ethyl adjacent to an activating group) is 1. The van der Waals surface area contributed by atoms with E-state index in [1.54, 1.807) is 25.2 Å². The van der Waals surface area contributed by atoms with Gasteiger partial charge in [-0.25, -0.2) is 9.78 Å². The van der Waals surface area contributed by atoms with Crippen LogP contribution in [0.2, 0.25) is 0 Å². The Hall–Kier alpha value is -2.89. The second-order valence-corrected chi connectivity index (χ2v) is 6.35. The fourth-order valence-corrected chi connectivity index (χ4v) is 2.47. The van der Waals surface area contributed by atoms with E-state index in [-0.39, 0.29) is 5.91 Å². The maximum atomic E-state index is 11.8. The summed E-state index contributed by atoms with van der Waals surface area (Å²) in [5.41, 5.74) is 1.01. The number of hydrogen-bond acceptors (Lipinski definition) is 5. The molecule has 0 aliphatic carbocycles. The smallest absolute Gasteiger partial charge is 0.475 e. The largest absolute Gasteiger partial charge is 0.490 e. The van der Waals surface area contributed by atoms with Crippen LogP contribution >= 0.6 is 0 Å². The molecule has 0 atom stereocenters. The van der Waals surface area contributed by atoms with Crippen molar-refractivity contribution in [1.82, 2.24) is 29.1 Å². The minimum atomic E-state index is -5.08. The molecule has 2 aromatic heterocycles. The number of amides is 1. The van der Waals surface area contributed by atoms with Gasteiger partial charge in [-0.2, -0.15) is 18.3 Å². The van der Waals surface area contributed by atoms with Gasteiger partial charge in [-0.05, 0) is 6.07 Å². The van der Waals surface area contributed by atoms with Crippen LogP contribution < -0.4 is 0 Å². The first-order chi connectivity index (χ1) is 13.1. The molecule has 2 aromatic rings. The molecule has 28 heavy (non-hydrogen) atoms. The van der Waals surface area contributed by atoms with E-state index >= 15 is 0 Å². The standard InChI is InChI=1S/C14H20N6O.C2HF3O2/c1-17(2)14(21)11-18-6-7-19-8-12(16-13(19)10-18)9-20-5-3-4-15-20;3-2(4,5)1(6)7/h3-5,8H,6-7,9-11H2,1-2H3;(H,6,7). The van der Waals surface area contributed by atoms with E-state index in [0.29, 0.717) is 13.1 Å². The van der Waals surface area contributed by atoms with Gasteiger partial charge < -0.3 is 14.6 Å². The van der Waals surface area contributed by atoms with Crippen LogP contribution in [-0.4, -0.2) is 79.5 Å². The van der Waals surface area contributed by atoms with Crippen LogP contribution in [0.3, 0.4) is 0 Å². The molecule has 0 unspecified atom stereocenters. The predicted molar refractivity (Wildman–Crippen MR) is 91.2 cm³/mol. The molecule has 0 saturated heterocycles. The van der Waals surface area contributed by atoms with Crippen molar-refractivity contribution in [2.45, 2.75) is 25.8 Å². The van der Waals surface area contributed by atoms with Crippen LogP contribution in [0.25, 0.3) is 0 Å². The molecular weight excluding hydrogens is 381 g/mol. The second kappa shape index (κ2) is 8.87. The van der Waals surface area contributed by atoms with E-state index in [4.69, 9.17) is 9.90 Å². The monoisotopic (exact) mass is 402 g/mol. The van der Waals surface area contributed by atoms with Crippen LogP contribution in [0.4, 0.5) is 13.2 Å². The fourth-order valence-electron chi connectivity index (χ4n) is 2.47. The zero-order chi connectivity index (χ0) is 20.9. The Morgan fingerprint density at radius 1 is 1.29 bits per heavy atom. The summed E-state index contributed by atoms with van der Waals surface area (Å²) >= 11 is 0. The summed E-state index contributed by atoms with van der Waals surface area (Å²) in [7, 11) is 3.57. The van der Waals surface area contributed by atoms with Gasteiger partial charge >= 0.3 is 12.1 Å². The number of alkyl halides is 3. The summed E-state index contributed by atoms with van der Waals surface area (Å²) in [6, 6.07) is 1.91. The van der Waals surface area contributed by atoms with Crippen molar-refractivity contribution in [3.63, 3.8) is 0 Å². The van der Waals surface area contributed by atoms with Crippen LogP contribution in [0.15, 0.2) is 24.7 Å². The lowest BCUT2D eigenvalue weighted by atomic mass is 10.3. The molecule has 0 spiro atoms. The van der Waals surface area contributed by atoms with Crippen molar-refractivity contribution < 1.29 is 27.9 Å². The average Bonchev–Trinajstić information content (AvgIpc) is 3.23. The molecule has 154 valence electrons. The highest BCUT2D eigenvalue weighted by atomic mass is 19.4. The SMILES string of the molecule is CN(C)C(=O)CN1CCn2cc(Cn3cccn3)nc2C1.O=C(O)C(F)(F)F. The Balaban J connectivity index is 0.000000345. The normalized spacial score (nSPS) is 14.0. The van der Waals surface area contributed by atoms with Crippen molar-refractivity contribution in [1.29, 1.82) is 0 Å². The van der Waals surface area contributed by atoms with Gasteiger partial charge in [0.1, 0.15) is 5.82 Å². The van der Waals surface area contributed by atoms with Crippen LogP contribution in [-0.2, 0) is 29.2 Å². The first kappa shape index (κ1) is 21.4. The lowest BCUT2D eigenvalue weighted by Gasteiger charge is -2.27. The van der Waals surface area contributed by atoms with Gasteiger partial charge in [0.15, 0.2) is 0 Å². The van der Waals surface area contributed by atoms with E-state index in [1.807, 2.05) is 16.9 Å². The van der Waals surface area contributed by atoms with Gasteiger partial charge in [0, 0.05) is 45.8 Å². The van der Waals surface area contributed by atoms with E-state index < -0.39 is 12.1 Å². The zero-order valence-corrected chi connectivity index (χ0v) is 15.4. The number of carboxylic acid groups (broad SMARTS) is 1. The van der Waals surface area contributed by atoms with Gasteiger partial charge in [-0.15, -0.1) is 0 Å². The minimum absolute atomic E-state index is 0.131. The van der Waals surface area contributed by atoms with Gasteiger partial charge in [0.25, 0.3) is 0 Å². The van der Waals surface area contributed by atoms with E-state index in [9.17, 15) is 18.0 Å². The van der Waals surface area contributed by atoms with Crippen molar-refractivity contribution >= 4 is 11.9 Å². The molecule has 1 N–H and O–H groups in total. The third kappa shape index (κ3) is 6.08. The minimum Gasteiger partial charge on any atom is -0.475 e. The van der Waals surface area contributed by atoms with Crippen LogP contribution in [0, 0.1) is 0 Å². The molecule has 9 nitrogen and oxygen atoms in total. The number of halogens is 3. The molecule has 1 aliphatic heterocycles. The lowest BCUT2D eigenvalue weighted by molar-refractivity contribution is -0.192. The third-order valence-electron chi connectivity index (χ3n) is 3.91. The molecule has 3 rings (SSSR count). The molecule has 0 radical (unpaired) electrons. The maximum Gasteiger partial charge on any atom is 0.490 e. The molecule has 12 heteroatoms. The molecule has 0 fully saturated rings. The number of nitrogens with zero attached hydrogens (tertiary/aromatic N) is 6. The first-order valence-electron chi connectivity index (χ1n) is 8.31. The number of aliphatic carboxylic acids is 1. The number of carbonyl (C=O) groups excluding carboxylic acids is 1. The van der Waals surface area contributed by atoms with Crippen LogP contribution in [0.5, 0.6) is 0 Å². The highest BCUT2D eigenvalue weighted by Crippen LogP contribution is 2.14. The Morgan fingerprint density at radius 3 is 2.50 bits per heavy atom. The predicted octanol–water partition coefficient (Wildman–Crippen LogP) is 0.665. The summed E-state index contributed by atoms with van der Waals surface area (Å²) in [5, 5.41) is 11.3. The summed E-state index contributed by atoms with van der Waals surface area (Å²) in [5.74, 6) is -1.60. The molecule has 0 saturated carbocycles. The molecule has 0 bridgehead atoms. The summed E-state index contributed by atoms with van der Waals surface area (Å²) in [6.07, 6.45) is 0.701. The molecule has 3 heterocycles. The molecule has 1 aliphatic rings. The number of imidazole rings is 1. The second-order valence-electron chi connectivity index (χ2n) is 6.35. The molecular formula is C16H21F3N6O3. The highest BCUT2D eigenvalue weighted by Gasteiger charge is 2.38. The van der Waals surface area contributed by atoms with Gasteiger partial charge in [-0.3, -0.25) is 14.4 Å². The Morgan fingerprint density at radius 2 is 1.96 bits per heavy atom. The lowest BCUT2D eigenvalue weighted by Crippen LogP contribution is -2.40. The van der Waals surface area contributed by atoms with Crippen LogP contribution in [0.1, 0.15) is 11.5 Å². The number of hydrogen-bond donors (Lipinski definition) is 1. The highest BCUT2D eigenvalue weighted by molar-refractivity contribution is 5.77.